The molecule has 16 heavy (non-hydrogen) atoms. The number of nitrogens with two attached hydrogens (primary N) is 1. The Balaban J connectivity index is 2.55. The van der Waals surface area contributed by atoms with E-state index in [0.717, 1.165) is 23.7 Å². The molecule has 0 saturated carbocycles. The summed E-state index contributed by atoms with van der Waals surface area (Å²) in [5.41, 5.74) is 6.89. The second-order valence-electron chi connectivity index (χ2n) is 4.30. The van der Waals surface area contributed by atoms with Gasteiger partial charge in [0.15, 0.2) is 0 Å². The van der Waals surface area contributed by atoms with Crippen molar-refractivity contribution in [1.82, 2.24) is 4.98 Å². The number of hydrogen-bond donors (Lipinski definition) is 1. The summed E-state index contributed by atoms with van der Waals surface area (Å²) in [6.45, 7) is 8.58. The van der Waals surface area contributed by atoms with E-state index in [2.05, 4.69) is 31.1 Å². The molecule has 0 radical (unpaired) electrons. The Kier molecular flexibility index (Phi) is 5.95. The first-order valence-electron chi connectivity index (χ1n) is 5.91. The van der Waals surface area contributed by atoms with Crippen molar-refractivity contribution in [3.63, 3.8) is 0 Å². The average molecular weight is 242 g/mol. The molecule has 4 heteroatoms. The number of thiazole rings is 1. The largest absolute Gasteiger partial charge is 0.374 e. The maximum Gasteiger partial charge on any atom is 0.119 e. The summed E-state index contributed by atoms with van der Waals surface area (Å²) in [5, 5.41) is 3.17. The van der Waals surface area contributed by atoms with Gasteiger partial charge < -0.3 is 10.5 Å². The molecule has 0 aromatic carbocycles. The van der Waals surface area contributed by atoms with Gasteiger partial charge in [0, 0.05) is 24.4 Å². The Bertz CT molecular complexity index is 299. The van der Waals surface area contributed by atoms with E-state index in [1.807, 2.05) is 0 Å². The lowest BCUT2D eigenvalue weighted by Gasteiger charge is -2.15. The lowest BCUT2D eigenvalue weighted by Crippen LogP contribution is -2.18. The van der Waals surface area contributed by atoms with Crippen molar-refractivity contribution in [2.45, 2.75) is 39.7 Å². The van der Waals surface area contributed by atoms with E-state index in [4.69, 9.17) is 10.5 Å². The van der Waals surface area contributed by atoms with Crippen LogP contribution < -0.4 is 5.73 Å². The van der Waals surface area contributed by atoms with Crippen LogP contribution in [0.5, 0.6) is 0 Å². The SMILES string of the molecule is CCCOCc1nc(C(CN)C(C)C)cs1. The summed E-state index contributed by atoms with van der Waals surface area (Å²) in [5.74, 6) is 0.910. The topological polar surface area (TPSA) is 48.1 Å². The van der Waals surface area contributed by atoms with Gasteiger partial charge in [-0.1, -0.05) is 20.8 Å². The Labute approximate surface area is 102 Å². The maximum absolute atomic E-state index is 5.77. The second-order valence-corrected chi connectivity index (χ2v) is 5.25. The van der Waals surface area contributed by atoms with Crippen LogP contribution in [-0.2, 0) is 11.3 Å². The van der Waals surface area contributed by atoms with E-state index in [0.29, 0.717) is 25.0 Å². The number of hydrogen-bond acceptors (Lipinski definition) is 4. The molecule has 0 spiro atoms. The highest BCUT2D eigenvalue weighted by Gasteiger charge is 2.17. The van der Waals surface area contributed by atoms with Gasteiger partial charge in [0.05, 0.1) is 12.3 Å². The van der Waals surface area contributed by atoms with Crippen molar-refractivity contribution < 1.29 is 4.74 Å². The molecule has 0 aliphatic heterocycles. The second kappa shape index (κ2) is 6.99. The zero-order chi connectivity index (χ0) is 12.0. The quantitative estimate of drug-likeness (QED) is 0.748. The predicted molar refractivity (Wildman–Crippen MR) is 68.7 cm³/mol. The number of nitrogens with zero attached hydrogens (tertiary/aromatic N) is 1. The summed E-state index contributed by atoms with van der Waals surface area (Å²) in [6.07, 6.45) is 1.05. The zero-order valence-electron chi connectivity index (χ0n) is 10.4. The molecule has 2 N–H and O–H groups in total. The Hall–Kier alpha value is -0.450. The van der Waals surface area contributed by atoms with Crippen molar-refractivity contribution in [1.29, 1.82) is 0 Å². The van der Waals surface area contributed by atoms with Crippen molar-refractivity contribution in [2.24, 2.45) is 11.7 Å². The standard InChI is InChI=1S/C12H22N2OS/c1-4-5-15-7-12-14-11(8-16-12)10(6-13)9(2)3/h8-10H,4-7,13H2,1-3H3. The van der Waals surface area contributed by atoms with Gasteiger partial charge in [-0.3, -0.25) is 0 Å². The third-order valence-corrected chi connectivity index (χ3v) is 3.42. The Morgan fingerprint density at radius 2 is 2.25 bits per heavy atom. The molecule has 3 nitrogen and oxygen atoms in total. The normalized spacial score (nSPS) is 13.3. The van der Waals surface area contributed by atoms with Crippen molar-refractivity contribution in [3.05, 3.63) is 16.1 Å². The molecular weight excluding hydrogens is 220 g/mol. The number of ether oxygens (including phenoxy) is 1. The van der Waals surface area contributed by atoms with Gasteiger partial charge in [-0.15, -0.1) is 11.3 Å². The molecule has 0 aliphatic rings. The first-order chi connectivity index (χ1) is 7.69. The smallest absolute Gasteiger partial charge is 0.119 e. The monoisotopic (exact) mass is 242 g/mol. The summed E-state index contributed by atoms with van der Waals surface area (Å²) >= 11 is 1.67. The Morgan fingerprint density at radius 1 is 1.50 bits per heavy atom. The Morgan fingerprint density at radius 3 is 2.81 bits per heavy atom. The summed E-state index contributed by atoms with van der Waals surface area (Å²) in [6, 6.07) is 0. The van der Waals surface area contributed by atoms with Crippen LogP contribution in [0.4, 0.5) is 0 Å². The maximum atomic E-state index is 5.77. The van der Waals surface area contributed by atoms with Crippen molar-refractivity contribution >= 4 is 11.3 Å². The molecule has 0 bridgehead atoms. The molecule has 1 unspecified atom stereocenters. The minimum absolute atomic E-state index is 0.371. The van der Waals surface area contributed by atoms with Gasteiger partial charge in [0.25, 0.3) is 0 Å². The zero-order valence-corrected chi connectivity index (χ0v) is 11.2. The molecule has 1 rings (SSSR count). The van der Waals surface area contributed by atoms with Gasteiger partial charge >= 0.3 is 0 Å². The summed E-state index contributed by atoms with van der Waals surface area (Å²) in [7, 11) is 0. The van der Waals surface area contributed by atoms with E-state index in [1.165, 1.54) is 0 Å². The minimum atomic E-state index is 0.371. The fourth-order valence-corrected chi connectivity index (χ4v) is 2.39. The highest BCUT2D eigenvalue weighted by Crippen LogP contribution is 2.24. The van der Waals surface area contributed by atoms with E-state index >= 15 is 0 Å². The highest BCUT2D eigenvalue weighted by atomic mass is 32.1. The van der Waals surface area contributed by atoms with Gasteiger partial charge in [0.1, 0.15) is 5.01 Å². The first kappa shape index (κ1) is 13.6. The van der Waals surface area contributed by atoms with Gasteiger partial charge in [0.2, 0.25) is 0 Å². The van der Waals surface area contributed by atoms with Crippen LogP contribution in [0.15, 0.2) is 5.38 Å². The van der Waals surface area contributed by atoms with Crippen LogP contribution in [0.1, 0.15) is 43.8 Å². The summed E-state index contributed by atoms with van der Waals surface area (Å²) in [4.78, 5) is 4.59. The van der Waals surface area contributed by atoms with Crippen molar-refractivity contribution in [2.75, 3.05) is 13.2 Å². The van der Waals surface area contributed by atoms with Crippen LogP contribution in [0.25, 0.3) is 0 Å². The van der Waals surface area contributed by atoms with E-state index in [-0.39, 0.29) is 0 Å². The number of rotatable bonds is 7. The van der Waals surface area contributed by atoms with Gasteiger partial charge in [-0.25, -0.2) is 4.98 Å². The molecule has 0 amide bonds. The third kappa shape index (κ3) is 3.85. The fraction of sp³-hybridized carbons (Fsp3) is 0.750. The van der Waals surface area contributed by atoms with Crippen molar-refractivity contribution in [3.8, 4) is 0 Å². The van der Waals surface area contributed by atoms with Crippen LogP contribution in [0.3, 0.4) is 0 Å². The van der Waals surface area contributed by atoms with Gasteiger partial charge in [-0.2, -0.15) is 0 Å². The molecule has 1 aromatic rings. The number of aromatic nitrogens is 1. The molecule has 0 saturated heterocycles. The predicted octanol–water partition coefficient (Wildman–Crippen LogP) is 2.77. The molecule has 0 fully saturated rings. The van der Waals surface area contributed by atoms with Crippen LogP contribution in [0.2, 0.25) is 0 Å². The molecule has 0 aliphatic carbocycles. The molecule has 1 heterocycles. The van der Waals surface area contributed by atoms with E-state index in [9.17, 15) is 0 Å². The average Bonchev–Trinajstić information content (AvgIpc) is 2.67. The molecule has 92 valence electrons. The van der Waals surface area contributed by atoms with Crippen LogP contribution >= 0.6 is 11.3 Å². The van der Waals surface area contributed by atoms with Gasteiger partial charge in [-0.05, 0) is 12.3 Å². The minimum Gasteiger partial charge on any atom is -0.374 e. The molecule has 1 atom stereocenters. The molecule has 1 aromatic heterocycles. The lowest BCUT2D eigenvalue weighted by atomic mass is 9.93. The van der Waals surface area contributed by atoms with E-state index < -0.39 is 0 Å². The summed E-state index contributed by atoms with van der Waals surface area (Å²) < 4.78 is 5.47. The van der Waals surface area contributed by atoms with E-state index in [1.54, 1.807) is 11.3 Å². The first-order valence-corrected chi connectivity index (χ1v) is 6.79. The van der Waals surface area contributed by atoms with Crippen LogP contribution in [0, 0.1) is 5.92 Å². The molecular formula is C12H22N2OS. The fourth-order valence-electron chi connectivity index (χ4n) is 1.60. The third-order valence-electron chi connectivity index (χ3n) is 2.58. The van der Waals surface area contributed by atoms with Crippen LogP contribution in [-0.4, -0.2) is 18.1 Å². The highest BCUT2D eigenvalue weighted by molar-refractivity contribution is 7.09. The lowest BCUT2D eigenvalue weighted by molar-refractivity contribution is 0.121.